The van der Waals surface area contributed by atoms with Crippen LogP contribution < -0.4 is 10.0 Å². The number of nitrogens with one attached hydrogen (secondary N) is 2. The first-order chi connectivity index (χ1) is 16.9. The maximum Gasteiger partial charge on any atom is 0.228 e. The molecule has 35 heavy (non-hydrogen) atoms. The van der Waals surface area contributed by atoms with E-state index in [-0.39, 0.29) is 17.4 Å². The van der Waals surface area contributed by atoms with Gasteiger partial charge < -0.3 is 5.32 Å². The molecule has 6 heteroatoms. The van der Waals surface area contributed by atoms with Crippen molar-refractivity contribution in [1.29, 1.82) is 0 Å². The molecule has 2 saturated carbocycles. The van der Waals surface area contributed by atoms with Crippen molar-refractivity contribution in [2.75, 3.05) is 5.32 Å². The normalized spacial score (nSPS) is 20.5. The van der Waals surface area contributed by atoms with Gasteiger partial charge in [0, 0.05) is 39.7 Å². The van der Waals surface area contributed by atoms with E-state index >= 15 is 0 Å². The Kier molecular flexibility index (Phi) is 7.33. The molecule has 2 unspecified atom stereocenters. The van der Waals surface area contributed by atoms with Crippen LogP contribution in [-0.2, 0) is 4.79 Å². The van der Waals surface area contributed by atoms with Crippen LogP contribution in [0.3, 0.4) is 0 Å². The molecule has 1 heterocycles. The Morgan fingerprint density at radius 1 is 1.06 bits per heavy atom. The van der Waals surface area contributed by atoms with E-state index in [1.54, 1.807) is 11.9 Å². The molecule has 2 atom stereocenters. The Bertz CT molecular complexity index is 1160. The van der Waals surface area contributed by atoms with E-state index in [1.807, 2.05) is 41.8 Å². The third-order valence-electron chi connectivity index (χ3n) is 6.81. The number of amides is 1. The van der Waals surface area contributed by atoms with Gasteiger partial charge in [-0.05, 0) is 75.6 Å². The smallest absolute Gasteiger partial charge is 0.228 e. The number of benzene rings is 2. The van der Waals surface area contributed by atoms with Gasteiger partial charge in [0.2, 0.25) is 5.91 Å². The lowest BCUT2D eigenvalue weighted by Gasteiger charge is -2.21. The van der Waals surface area contributed by atoms with Crippen LogP contribution in [0, 0.1) is 5.92 Å². The molecule has 2 fully saturated rings. The molecule has 0 aliphatic heterocycles. The minimum atomic E-state index is -0.0287. The van der Waals surface area contributed by atoms with E-state index in [4.69, 9.17) is 4.98 Å². The van der Waals surface area contributed by atoms with Gasteiger partial charge in [0.25, 0.3) is 0 Å². The van der Waals surface area contributed by atoms with E-state index in [0.717, 1.165) is 17.0 Å². The Morgan fingerprint density at radius 2 is 1.83 bits per heavy atom. The first-order valence-electron chi connectivity index (χ1n) is 12.8. The van der Waals surface area contributed by atoms with Crippen LogP contribution in [-0.4, -0.2) is 16.4 Å². The number of carbonyl (C=O) groups excluding carboxylic acids is 1. The zero-order valence-electron chi connectivity index (χ0n) is 20.8. The molecule has 2 aromatic carbocycles. The number of carbonyl (C=O) groups is 1. The van der Waals surface area contributed by atoms with E-state index in [1.165, 1.54) is 53.1 Å². The molecule has 0 spiro atoms. The average Bonchev–Trinajstić information content (AvgIpc) is 3.52. The van der Waals surface area contributed by atoms with Gasteiger partial charge in [-0.15, -0.1) is 11.3 Å². The lowest BCUT2D eigenvalue weighted by atomic mass is 9.90. The second kappa shape index (κ2) is 10.5. The van der Waals surface area contributed by atoms with E-state index < -0.39 is 0 Å². The quantitative estimate of drug-likeness (QED) is 0.319. The van der Waals surface area contributed by atoms with Crippen molar-refractivity contribution in [2.45, 2.75) is 81.6 Å². The minimum absolute atomic E-state index is 0.0287. The Hall–Kier alpha value is -2.15. The molecule has 1 amide bonds. The first kappa shape index (κ1) is 24.5. The van der Waals surface area contributed by atoms with Gasteiger partial charge in [0.15, 0.2) is 0 Å². The number of hydrogen-bond donors (Lipinski definition) is 2. The maximum atomic E-state index is 13.0. The zero-order valence-corrected chi connectivity index (χ0v) is 22.5. The monoisotopic (exact) mass is 505 g/mol. The van der Waals surface area contributed by atoms with Crippen molar-refractivity contribution in [1.82, 2.24) is 9.71 Å². The summed E-state index contributed by atoms with van der Waals surface area (Å²) in [6.07, 6.45) is 9.47. The number of rotatable bonds is 7. The minimum Gasteiger partial charge on any atom is -0.326 e. The summed E-state index contributed by atoms with van der Waals surface area (Å²) in [6.45, 7) is 6.49. The summed E-state index contributed by atoms with van der Waals surface area (Å²) in [6, 6.07) is 16.6. The Morgan fingerprint density at radius 3 is 2.57 bits per heavy atom. The van der Waals surface area contributed by atoms with Gasteiger partial charge in [-0.2, -0.15) is 0 Å². The average molecular weight is 506 g/mol. The summed E-state index contributed by atoms with van der Waals surface area (Å²) in [7, 11) is 0. The van der Waals surface area contributed by atoms with Gasteiger partial charge >= 0.3 is 0 Å². The van der Waals surface area contributed by atoms with E-state index in [9.17, 15) is 4.79 Å². The number of aromatic nitrogens is 1. The van der Waals surface area contributed by atoms with Crippen molar-refractivity contribution in [3.05, 3.63) is 65.3 Å². The fraction of sp³-hybridized carbons (Fsp3) is 0.448. The summed E-state index contributed by atoms with van der Waals surface area (Å²) in [5, 5.41) is 4.46. The number of hydrogen-bond acceptors (Lipinski definition) is 5. The molecule has 1 aromatic heterocycles. The highest BCUT2D eigenvalue weighted by Crippen LogP contribution is 2.48. The van der Waals surface area contributed by atoms with Crippen LogP contribution in [0.2, 0.25) is 0 Å². The molecule has 4 nitrogen and oxygen atoms in total. The maximum absolute atomic E-state index is 13.0. The fourth-order valence-corrected chi connectivity index (χ4v) is 6.92. The van der Waals surface area contributed by atoms with Gasteiger partial charge in [-0.3, -0.25) is 9.52 Å². The second-order valence-electron chi connectivity index (χ2n) is 10.9. The van der Waals surface area contributed by atoms with Gasteiger partial charge in [-0.1, -0.05) is 55.7 Å². The third-order valence-corrected chi connectivity index (χ3v) is 9.28. The highest BCUT2D eigenvalue weighted by molar-refractivity contribution is 7.97. The van der Waals surface area contributed by atoms with Crippen LogP contribution in [0.5, 0.6) is 0 Å². The highest BCUT2D eigenvalue weighted by atomic mass is 32.2. The number of anilines is 1. The van der Waals surface area contributed by atoms with E-state index in [0.29, 0.717) is 11.8 Å². The van der Waals surface area contributed by atoms with Gasteiger partial charge in [0.05, 0.1) is 9.88 Å². The molecule has 2 aliphatic rings. The Labute approximate surface area is 217 Å². The van der Waals surface area contributed by atoms with Gasteiger partial charge in [-0.25, -0.2) is 4.98 Å². The number of nitrogens with zero attached hydrogens (tertiary/aromatic N) is 1. The molecular weight excluding hydrogens is 470 g/mol. The lowest BCUT2D eigenvalue weighted by Crippen LogP contribution is -2.29. The Balaban J connectivity index is 1.34. The van der Waals surface area contributed by atoms with Crippen molar-refractivity contribution in [3.8, 4) is 10.4 Å². The summed E-state index contributed by atoms with van der Waals surface area (Å²) >= 11 is 3.47. The standard InChI is InChI=1S/C29H35N3OS2/c1-29(2,3)32-35-25-16-21(31-27(33)24-17-23(24)19-10-6-4-7-11-19)14-15-22(25)26-18-30-28(34-26)20-12-8-5-9-13-20/h4,6-7,10-11,14-16,18,20,23-24,32H,5,8-9,12-13,17H2,1-3H3,(H,31,33). The SMILES string of the molecule is CC(C)(C)NSc1cc(NC(=O)C2CC2c2ccccc2)ccc1-c1cnc(C2CCCCC2)s1. The predicted octanol–water partition coefficient (Wildman–Crippen LogP) is 8.00. The predicted molar refractivity (Wildman–Crippen MR) is 148 cm³/mol. The topological polar surface area (TPSA) is 54.0 Å². The summed E-state index contributed by atoms with van der Waals surface area (Å²) in [4.78, 5) is 20.1. The van der Waals surface area contributed by atoms with Crippen molar-refractivity contribution >= 4 is 34.9 Å². The zero-order chi connectivity index (χ0) is 24.4. The molecule has 5 rings (SSSR count). The van der Waals surface area contributed by atoms with Gasteiger partial charge in [0.1, 0.15) is 0 Å². The lowest BCUT2D eigenvalue weighted by molar-refractivity contribution is -0.117. The molecule has 3 aromatic rings. The molecule has 0 bridgehead atoms. The van der Waals surface area contributed by atoms with Crippen molar-refractivity contribution < 1.29 is 4.79 Å². The molecule has 0 saturated heterocycles. The van der Waals surface area contributed by atoms with Crippen LogP contribution in [0.15, 0.2) is 59.6 Å². The van der Waals surface area contributed by atoms with E-state index in [2.05, 4.69) is 55.1 Å². The number of thiazole rings is 1. The van der Waals surface area contributed by atoms with Crippen LogP contribution in [0.1, 0.15) is 81.7 Å². The van der Waals surface area contributed by atoms with Crippen molar-refractivity contribution in [3.63, 3.8) is 0 Å². The fourth-order valence-electron chi connectivity index (χ4n) is 4.83. The summed E-state index contributed by atoms with van der Waals surface area (Å²) in [5.74, 6) is 1.12. The van der Waals surface area contributed by atoms with Crippen LogP contribution in [0.4, 0.5) is 5.69 Å². The molecule has 2 aliphatic carbocycles. The molecular formula is C29H35N3OS2. The highest BCUT2D eigenvalue weighted by Gasteiger charge is 2.43. The van der Waals surface area contributed by atoms with Crippen LogP contribution in [0.25, 0.3) is 10.4 Å². The molecule has 184 valence electrons. The molecule has 2 N–H and O–H groups in total. The largest absolute Gasteiger partial charge is 0.326 e. The summed E-state index contributed by atoms with van der Waals surface area (Å²) < 4.78 is 3.55. The first-order valence-corrected chi connectivity index (χ1v) is 14.4. The third kappa shape index (κ3) is 6.16. The molecule has 0 radical (unpaired) electrons. The van der Waals surface area contributed by atoms with Crippen LogP contribution >= 0.6 is 23.3 Å². The summed E-state index contributed by atoms with van der Waals surface area (Å²) in [5.41, 5.74) is 3.26. The second-order valence-corrected chi connectivity index (χ2v) is 12.8. The van der Waals surface area contributed by atoms with Crippen molar-refractivity contribution in [2.24, 2.45) is 5.92 Å².